The van der Waals surface area contributed by atoms with E-state index in [-0.39, 0.29) is 30.5 Å². The number of guanidine groups is 1. The zero-order valence-corrected chi connectivity index (χ0v) is 17.1. The summed E-state index contributed by atoms with van der Waals surface area (Å²) in [7, 11) is 0. The molecule has 0 aliphatic rings. The summed E-state index contributed by atoms with van der Waals surface area (Å²) in [4.78, 5) is 4.25. The van der Waals surface area contributed by atoms with Crippen molar-refractivity contribution in [2.24, 2.45) is 16.6 Å². The average molecular weight is 433 g/mol. The van der Waals surface area contributed by atoms with Crippen LogP contribution in [0.4, 0.5) is 0 Å². The number of rotatable bonds is 8. The van der Waals surface area contributed by atoms with Crippen molar-refractivity contribution in [3.8, 4) is 0 Å². The van der Waals surface area contributed by atoms with Crippen molar-refractivity contribution in [2.45, 2.75) is 59.1 Å². The van der Waals surface area contributed by atoms with Crippen LogP contribution in [0.2, 0.25) is 0 Å². The molecule has 0 aromatic heterocycles. The van der Waals surface area contributed by atoms with Gasteiger partial charge in [-0.3, -0.25) is 4.99 Å². The van der Waals surface area contributed by atoms with Crippen molar-refractivity contribution in [2.75, 3.05) is 6.54 Å². The van der Waals surface area contributed by atoms with Crippen LogP contribution in [0.1, 0.15) is 57.3 Å². The second kappa shape index (κ2) is 11.7. The molecule has 132 valence electrons. The molecule has 0 heterocycles. The number of hydrogen-bond donors (Lipinski definition) is 3. The number of hydrogen-bond acceptors (Lipinski definition) is 2. The SMILES string of the molecule is Cc1cccc(C(O)CN=C(N)NC(C)CCCC(C)C)c1.I. The van der Waals surface area contributed by atoms with Gasteiger partial charge in [-0.05, 0) is 31.7 Å². The standard InChI is InChI=1S/C18H31N3O.HI/c1-13(2)7-5-9-15(4)21-18(19)20-12-17(22)16-10-6-8-14(3)11-16;/h6,8,10-11,13,15,17,22H,5,7,9,12H2,1-4H3,(H3,19,20,21);1H. The summed E-state index contributed by atoms with van der Waals surface area (Å²) < 4.78 is 0. The number of aliphatic hydroxyl groups is 1. The number of aryl methyl sites for hydroxylation is 1. The lowest BCUT2D eigenvalue weighted by atomic mass is 10.0. The fraction of sp³-hybridized carbons (Fsp3) is 0.611. The molecule has 0 aliphatic heterocycles. The van der Waals surface area contributed by atoms with Crippen molar-refractivity contribution in [1.82, 2.24) is 5.32 Å². The first-order valence-electron chi connectivity index (χ1n) is 8.19. The van der Waals surface area contributed by atoms with Crippen LogP contribution in [0.15, 0.2) is 29.3 Å². The third-order valence-corrected chi connectivity index (χ3v) is 3.67. The maximum absolute atomic E-state index is 10.1. The van der Waals surface area contributed by atoms with Gasteiger partial charge in [-0.25, -0.2) is 0 Å². The molecule has 4 N–H and O–H groups in total. The van der Waals surface area contributed by atoms with Gasteiger partial charge in [0.25, 0.3) is 0 Å². The maximum atomic E-state index is 10.1. The summed E-state index contributed by atoms with van der Waals surface area (Å²) in [6.07, 6.45) is 2.88. The number of benzene rings is 1. The Labute approximate surface area is 158 Å². The van der Waals surface area contributed by atoms with Crippen LogP contribution in [-0.4, -0.2) is 23.7 Å². The lowest BCUT2D eigenvalue weighted by Gasteiger charge is -2.16. The average Bonchev–Trinajstić information content (AvgIpc) is 2.44. The lowest BCUT2D eigenvalue weighted by Crippen LogP contribution is -2.38. The number of nitrogens with one attached hydrogen (secondary N) is 1. The predicted octanol–water partition coefficient (Wildman–Crippen LogP) is 3.77. The van der Waals surface area contributed by atoms with E-state index in [0.717, 1.165) is 23.5 Å². The molecule has 2 unspecified atom stereocenters. The molecular weight excluding hydrogens is 401 g/mol. The number of aliphatic hydroxyl groups excluding tert-OH is 1. The fourth-order valence-electron chi connectivity index (χ4n) is 2.37. The smallest absolute Gasteiger partial charge is 0.188 e. The highest BCUT2D eigenvalue weighted by Gasteiger charge is 2.08. The Morgan fingerprint density at radius 3 is 2.57 bits per heavy atom. The van der Waals surface area contributed by atoms with Crippen molar-refractivity contribution in [3.63, 3.8) is 0 Å². The minimum absolute atomic E-state index is 0. The van der Waals surface area contributed by atoms with Crippen LogP contribution in [-0.2, 0) is 0 Å². The quantitative estimate of drug-likeness (QED) is 0.332. The second-order valence-corrected chi connectivity index (χ2v) is 6.53. The first-order chi connectivity index (χ1) is 10.4. The van der Waals surface area contributed by atoms with E-state index in [1.807, 2.05) is 31.2 Å². The molecule has 0 aliphatic carbocycles. The monoisotopic (exact) mass is 433 g/mol. The van der Waals surface area contributed by atoms with Gasteiger partial charge in [-0.15, -0.1) is 24.0 Å². The molecule has 0 spiro atoms. The highest BCUT2D eigenvalue weighted by atomic mass is 127. The van der Waals surface area contributed by atoms with Gasteiger partial charge in [0.2, 0.25) is 0 Å². The normalized spacial score (nSPS) is 14.3. The van der Waals surface area contributed by atoms with E-state index >= 15 is 0 Å². The molecule has 0 radical (unpaired) electrons. The van der Waals surface area contributed by atoms with Crippen LogP contribution in [0, 0.1) is 12.8 Å². The Balaban J connectivity index is 0.00000484. The van der Waals surface area contributed by atoms with Gasteiger partial charge in [-0.2, -0.15) is 0 Å². The third kappa shape index (κ3) is 9.81. The summed E-state index contributed by atoms with van der Waals surface area (Å²) >= 11 is 0. The van der Waals surface area contributed by atoms with Crippen molar-refractivity contribution in [3.05, 3.63) is 35.4 Å². The predicted molar refractivity (Wildman–Crippen MR) is 109 cm³/mol. The molecule has 0 saturated heterocycles. The van der Waals surface area contributed by atoms with Gasteiger partial charge >= 0.3 is 0 Å². The van der Waals surface area contributed by atoms with Gasteiger partial charge in [0.05, 0.1) is 12.6 Å². The van der Waals surface area contributed by atoms with Crippen molar-refractivity contribution < 1.29 is 5.11 Å². The Bertz CT molecular complexity index is 477. The fourth-order valence-corrected chi connectivity index (χ4v) is 2.37. The summed E-state index contributed by atoms with van der Waals surface area (Å²) in [5.41, 5.74) is 7.90. The van der Waals surface area contributed by atoms with E-state index in [9.17, 15) is 5.11 Å². The number of halogens is 1. The number of aliphatic imine (C=N–C) groups is 1. The molecule has 1 aromatic rings. The van der Waals surface area contributed by atoms with Crippen LogP contribution in [0.3, 0.4) is 0 Å². The van der Waals surface area contributed by atoms with Crippen LogP contribution in [0.25, 0.3) is 0 Å². The summed E-state index contributed by atoms with van der Waals surface area (Å²) in [6, 6.07) is 8.13. The van der Waals surface area contributed by atoms with Gasteiger partial charge < -0.3 is 16.2 Å². The van der Waals surface area contributed by atoms with Crippen LogP contribution < -0.4 is 11.1 Å². The Morgan fingerprint density at radius 1 is 1.26 bits per heavy atom. The molecule has 2 atom stereocenters. The van der Waals surface area contributed by atoms with E-state index in [1.54, 1.807) is 0 Å². The molecule has 1 aromatic carbocycles. The Morgan fingerprint density at radius 2 is 1.96 bits per heavy atom. The maximum Gasteiger partial charge on any atom is 0.188 e. The van der Waals surface area contributed by atoms with E-state index in [0.29, 0.717) is 12.0 Å². The molecular formula is C18H32IN3O. The second-order valence-electron chi connectivity index (χ2n) is 6.53. The molecule has 0 fully saturated rings. The van der Waals surface area contributed by atoms with Gasteiger partial charge in [-0.1, -0.05) is 56.5 Å². The largest absolute Gasteiger partial charge is 0.386 e. The van der Waals surface area contributed by atoms with E-state index in [2.05, 4.69) is 31.1 Å². The Hall–Kier alpha value is -0.820. The molecule has 1 rings (SSSR count). The van der Waals surface area contributed by atoms with Gasteiger partial charge in [0.15, 0.2) is 5.96 Å². The van der Waals surface area contributed by atoms with Crippen LogP contribution in [0.5, 0.6) is 0 Å². The van der Waals surface area contributed by atoms with Crippen LogP contribution >= 0.6 is 24.0 Å². The Kier molecular flexibility index (Phi) is 11.3. The zero-order chi connectivity index (χ0) is 16.5. The van der Waals surface area contributed by atoms with E-state index < -0.39 is 6.10 Å². The summed E-state index contributed by atoms with van der Waals surface area (Å²) in [5, 5.41) is 13.3. The number of nitrogens with two attached hydrogens (primary N) is 1. The van der Waals surface area contributed by atoms with Crippen molar-refractivity contribution in [1.29, 1.82) is 0 Å². The van der Waals surface area contributed by atoms with Gasteiger partial charge in [0.1, 0.15) is 0 Å². The molecule has 5 heteroatoms. The highest BCUT2D eigenvalue weighted by molar-refractivity contribution is 14.0. The van der Waals surface area contributed by atoms with Crippen molar-refractivity contribution >= 4 is 29.9 Å². The lowest BCUT2D eigenvalue weighted by molar-refractivity contribution is 0.187. The first kappa shape index (κ1) is 22.2. The highest BCUT2D eigenvalue weighted by Crippen LogP contribution is 2.14. The first-order valence-corrected chi connectivity index (χ1v) is 8.19. The molecule has 0 bridgehead atoms. The molecule has 4 nitrogen and oxygen atoms in total. The number of nitrogens with zero attached hydrogens (tertiary/aromatic N) is 1. The van der Waals surface area contributed by atoms with Gasteiger partial charge in [0, 0.05) is 6.04 Å². The van der Waals surface area contributed by atoms with E-state index in [4.69, 9.17) is 5.73 Å². The topological polar surface area (TPSA) is 70.6 Å². The minimum Gasteiger partial charge on any atom is -0.386 e. The van der Waals surface area contributed by atoms with E-state index in [1.165, 1.54) is 12.8 Å². The molecule has 0 amide bonds. The molecule has 23 heavy (non-hydrogen) atoms. The summed E-state index contributed by atoms with van der Waals surface area (Å²) in [5.74, 6) is 1.14. The zero-order valence-electron chi connectivity index (χ0n) is 14.7. The minimum atomic E-state index is -0.614. The summed E-state index contributed by atoms with van der Waals surface area (Å²) in [6.45, 7) is 8.87. The third-order valence-electron chi connectivity index (χ3n) is 3.67. The molecule has 0 saturated carbocycles.